The third-order valence-electron chi connectivity index (χ3n) is 15.1. The second kappa shape index (κ2) is 14.5. The van der Waals surface area contributed by atoms with E-state index in [1.807, 2.05) is 0 Å². The van der Waals surface area contributed by atoms with Gasteiger partial charge in [0.25, 0.3) is 0 Å². The monoisotopic (exact) mass is 841 g/mol. The molecule has 2 aliphatic carbocycles. The molecule has 1 nitrogen and oxygen atoms in total. The Morgan fingerprint density at radius 3 is 1.48 bits per heavy atom. The van der Waals surface area contributed by atoms with E-state index < -0.39 is 0 Å². The van der Waals surface area contributed by atoms with Gasteiger partial charge in [-0.05, 0) is 154 Å². The number of benzene rings is 11. The molecular formula is C65H47N. The van der Waals surface area contributed by atoms with Crippen molar-refractivity contribution >= 4 is 49.4 Å². The summed E-state index contributed by atoms with van der Waals surface area (Å²) in [5, 5.41) is 7.74. The number of fused-ring (bicyclic) bond motifs is 12. The van der Waals surface area contributed by atoms with Crippen molar-refractivity contribution in [3.63, 3.8) is 0 Å². The summed E-state index contributed by atoms with van der Waals surface area (Å²) in [6.45, 7) is 7.17. The first-order valence-electron chi connectivity index (χ1n) is 23.3. The van der Waals surface area contributed by atoms with Gasteiger partial charge in [-0.25, -0.2) is 0 Å². The van der Waals surface area contributed by atoms with E-state index in [1.165, 1.54) is 105 Å². The number of anilines is 3. The first-order chi connectivity index (χ1) is 32.4. The molecule has 0 spiro atoms. The molecule has 0 aliphatic heterocycles. The minimum atomic E-state index is -0.380. The highest BCUT2D eigenvalue weighted by atomic mass is 15.1. The van der Waals surface area contributed by atoms with Crippen molar-refractivity contribution < 1.29 is 0 Å². The predicted molar refractivity (Wildman–Crippen MR) is 280 cm³/mol. The molecule has 0 fully saturated rings. The lowest BCUT2D eigenvalue weighted by molar-refractivity contribution is 0.660. The summed E-state index contributed by atoms with van der Waals surface area (Å²) in [7, 11) is 0. The van der Waals surface area contributed by atoms with Crippen molar-refractivity contribution in [3.05, 3.63) is 258 Å². The summed E-state index contributed by atoms with van der Waals surface area (Å²) in [5.74, 6) is 0. The highest BCUT2D eigenvalue weighted by Gasteiger charge is 2.43. The van der Waals surface area contributed by atoms with Gasteiger partial charge < -0.3 is 4.90 Å². The fraction of sp³-hybridized carbons (Fsp3) is 0.0769. The standard InChI is InChI=1S/C65H47N/c1-64(2)59-27-15-14-25-55(59)56-37-34-47(40-61(56)64)66(46-32-29-42(30-33-46)44-31-36-54-52-23-11-10-21-50(52)51-22-12-13-24-53(51)58(54)39-44)48-35-38-57-62(41-48)65(3,45-19-8-5-9-20-45)60-28-16-26-49(63(57)60)43-17-6-4-7-18-43/h4-41H,1-3H3. The fourth-order valence-electron chi connectivity index (χ4n) is 11.8. The lowest BCUT2D eigenvalue weighted by Gasteiger charge is -2.31. The van der Waals surface area contributed by atoms with E-state index in [4.69, 9.17) is 0 Å². The van der Waals surface area contributed by atoms with E-state index in [1.54, 1.807) is 0 Å². The van der Waals surface area contributed by atoms with Crippen LogP contribution in [0, 0.1) is 0 Å². The van der Waals surface area contributed by atoms with Gasteiger partial charge in [0.2, 0.25) is 0 Å². The SMILES string of the molecule is CC1(C)c2ccccc2-c2ccc(N(c3ccc(-c4ccc5c6ccccc6c6ccccc6c5c4)cc3)c3ccc4c(c3)C(C)(c3ccccc3)c3cccc(-c5ccccc5)c3-4)cc21. The van der Waals surface area contributed by atoms with Crippen LogP contribution in [-0.4, -0.2) is 0 Å². The van der Waals surface area contributed by atoms with Crippen LogP contribution in [0.2, 0.25) is 0 Å². The quantitative estimate of drug-likeness (QED) is 0.151. The van der Waals surface area contributed by atoms with Crippen LogP contribution in [-0.2, 0) is 10.8 Å². The zero-order chi connectivity index (χ0) is 44.1. The van der Waals surface area contributed by atoms with Gasteiger partial charge >= 0.3 is 0 Å². The Balaban J connectivity index is 0.993. The minimum Gasteiger partial charge on any atom is -0.310 e. The van der Waals surface area contributed by atoms with Gasteiger partial charge in [0, 0.05) is 27.9 Å². The van der Waals surface area contributed by atoms with E-state index in [0.29, 0.717) is 0 Å². The summed E-state index contributed by atoms with van der Waals surface area (Å²) in [6, 6.07) is 86.0. The minimum absolute atomic E-state index is 0.137. The van der Waals surface area contributed by atoms with Gasteiger partial charge in [-0.2, -0.15) is 0 Å². The van der Waals surface area contributed by atoms with Crippen molar-refractivity contribution in [2.24, 2.45) is 0 Å². The Morgan fingerprint density at radius 2 is 0.788 bits per heavy atom. The zero-order valence-corrected chi connectivity index (χ0v) is 37.4. The first kappa shape index (κ1) is 38.5. The molecule has 11 aromatic carbocycles. The first-order valence-corrected chi connectivity index (χ1v) is 23.3. The lowest BCUT2D eigenvalue weighted by atomic mass is 9.74. The molecule has 0 saturated heterocycles. The topological polar surface area (TPSA) is 3.24 Å². The van der Waals surface area contributed by atoms with Crippen LogP contribution < -0.4 is 4.90 Å². The number of rotatable bonds is 6. The van der Waals surface area contributed by atoms with E-state index in [0.717, 1.165) is 17.1 Å². The van der Waals surface area contributed by atoms with Gasteiger partial charge in [-0.1, -0.05) is 202 Å². The van der Waals surface area contributed by atoms with Crippen LogP contribution >= 0.6 is 0 Å². The maximum Gasteiger partial charge on any atom is 0.0465 e. The summed E-state index contributed by atoms with van der Waals surface area (Å²) in [6.07, 6.45) is 0. The Labute approximate surface area is 386 Å². The summed E-state index contributed by atoms with van der Waals surface area (Å²) in [5.41, 5.74) is 19.7. The maximum absolute atomic E-state index is 2.48. The van der Waals surface area contributed by atoms with Crippen LogP contribution in [0.3, 0.4) is 0 Å². The highest BCUT2D eigenvalue weighted by molar-refractivity contribution is 6.25. The van der Waals surface area contributed by atoms with E-state index in [2.05, 4.69) is 256 Å². The normalized spacial score (nSPS) is 15.4. The average Bonchev–Trinajstić information content (AvgIpc) is 3.78. The Bertz CT molecular complexity index is 3700. The highest BCUT2D eigenvalue weighted by Crippen LogP contribution is 2.57. The second-order valence-corrected chi connectivity index (χ2v) is 18.9. The molecule has 11 aromatic rings. The molecule has 0 aromatic heterocycles. The van der Waals surface area contributed by atoms with Crippen molar-refractivity contribution in [1.29, 1.82) is 0 Å². The van der Waals surface area contributed by atoms with Crippen molar-refractivity contribution in [3.8, 4) is 44.5 Å². The molecule has 1 unspecified atom stereocenters. The molecule has 0 amide bonds. The molecule has 66 heavy (non-hydrogen) atoms. The van der Waals surface area contributed by atoms with Crippen LogP contribution in [0.5, 0.6) is 0 Å². The van der Waals surface area contributed by atoms with Gasteiger partial charge in [0.15, 0.2) is 0 Å². The van der Waals surface area contributed by atoms with Crippen LogP contribution in [0.25, 0.3) is 76.8 Å². The molecule has 1 atom stereocenters. The second-order valence-electron chi connectivity index (χ2n) is 18.9. The maximum atomic E-state index is 2.48. The Hall–Kier alpha value is -8.00. The smallest absolute Gasteiger partial charge is 0.0465 e. The summed E-state index contributed by atoms with van der Waals surface area (Å²) >= 11 is 0. The molecule has 0 heterocycles. The Morgan fingerprint density at radius 1 is 0.288 bits per heavy atom. The van der Waals surface area contributed by atoms with Crippen LogP contribution in [0.15, 0.2) is 231 Å². The van der Waals surface area contributed by atoms with Crippen LogP contribution in [0.4, 0.5) is 17.1 Å². The average molecular weight is 842 g/mol. The van der Waals surface area contributed by atoms with Crippen molar-refractivity contribution in [2.45, 2.75) is 31.6 Å². The fourth-order valence-corrected chi connectivity index (χ4v) is 11.8. The van der Waals surface area contributed by atoms with E-state index in [-0.39, 0.29) is 10.8 Å². The molecule has 0 saturated carbocycles. The molecule has 1 heteroatoms. The van der Waals surface area contributed by atoms with Gasteiger partial charge in [0.05, 0.1) is 0 Å². The van der Waals surface area contributed by atoms with E-state index >= 15 is 0 Å². The number of hydrogen-bond donors (Lipinski definition) is 0. The number of hydrogen-bond acceptors (Lipinski definition) is 1. The molecule has 312 valence electrons. The predicted octanol–water partition coefficient (Wildman–Crippen LogP) is 17.6. The molecule has 0 bridgehead atoms. The van der Waals surface area contributed by atoms with Gasteiger partial charge in [-0.3, -0.25) is 0 Å². The summed E-state index contributed by atoms with van der Waals surface area (Å²) < 4.78 is 0. The summed E-state index contributed by atoms with van der Waals surface area (Å²) in [4.78, 5) is 2.48. The van der Waals surface area contributed by atoms with Crippen molar-refractivity contribution in [2.75, 3.05) is 4.90 Å². The largest absolute Gasteiger partial charge is 0.310 e. The third kappa shape index (κ3) is 5.60. The molecule has 0 N–H and O–H groups in total. The number of nitrogens with zero attached hydrogens (tertiary/aromatic N) is 1. The van der Waals surface area contributed by atoms with Gasteiger partial charge in [0.1, 0.15) is 0 Å². The van der Waals surface area contributed by atoms with E-state index in [9.17, 15) is 0 Å². The lowest BCUT2D eigenvalue weighted by Crippen LogP contribution is -2.23. The molecule has 13 rings (SSSR count). The molecule has 2 aliphatic rings. The third-order valence-corrected chi connectivity index (χ3v) is 15.1. The molecule has 0 radical (unpaired) electrons. The zero-order valence-electron chi connectivity index (χ0n) is 37.4. The Kier molecular flexibility index (Phi) is 8.45. The molecular weight excluding hydrogens is 795 g/mol. The van der Waals surface area contributed by atoms with Gasteiger partial charge in [-0.15, -0.1) is 0 Å². The van der Waals surface area contributed by atoms with Crippen LogP contribution in [0.1, 0.15) is 48.6 Å². The van der Waals surface area contributed by atoms with Crippen molar-refractivity contribution in [1.82, 2.24) is 0 Å².